The highest BCUT2D eigenvalue weighted by Gasteiger charge is 2.25. The van der Waals surface area contributed by atoms with Crippen molar-refractivity contribution in [3.05, 3.63) is 29.6 Å². The smallest absolute Gasteiger partial charge is 0.426 e. The van der Waals surface area contributed by atoms with Gasteiger partial charge in [-0.25, -0.2) is 15.2 Å². The highest BCUT2D eigenvalue weighted by Crippen LogP contribution is 2.11. The summed E-state index contributed by atoms with van der Waals surface area (Å²) < 4.78 is 5.17. The molecular formula is C15H23N3O3. The minimum atomic E-state index is -0.668. The molecule has 0 fully saturated rings. The molecule has 1 N–H and O–H groups in total. The van der Waals surface area contributed by atoms with E-state index in [0.29, 0.717) is 5.69 Å². The number of nitrogens with zero attached hydrogens (tertiary/aromatic N) is 2. The molecule has 0 atom stereocenters. The van der Waals surface area contributed by atoms with Crippen molar-refractivity contribution >= 4 is 12.0 Å². The van der Waals surface area contributed by atoms with Crippen LogP contribution < -0.4 is 5.43 Å². The monoisotopic (exact) mass is 293 g/mol. The second-order valence-electron chi connectivity index (χ2n) is 6.05. The van der Waals surface area contributed by atoms with Crippen LogP contribution in [0.15, 0.2) is 18.3 Å². The first-order valence-corrected chi connectivity index (χ1v) is 6.86. The molecule has 0 saturated carbocycles. The Bertz CT molecular complexity index is 521. The van der Waals surface area contributed by atoms with Crippen molar-refractivity contribution in [1.82, 2.24) is 15.4 Å². The molecule has 2 amide bonds. The first-order chi connectivity index (χ1) is 9.61. The minimum absolute atomic E-state index is 0.230. The largest absolute Gasteiger partial charge is 0.443 e. The fourth-order valence-electron chi connectivity index (χ4n) is 1.64. The van der Waals surface area contributed by atoms with Gasteiger partial charge in [-0.3, -0.25) is 9.78 Å². The molecule has 0 unspecified atom stereocenters. The van der Waals surface area contributed by atoms with Gasteiger partial charge in [0.1, 0.15) is 11.3 Å². The van der Waals surface area contributed by atoms with E-state index >= 15 is 0 Å². The molecule has 0 aliphatic carbocycles. The molecule has 1 rings (SSSR count). The molecule has 6 nitrogen and oxygen atoms in total. The molecule has 0 bridgehead atoms. The fourth-order valence-corrected chi connectivity index (χ4v) is 1.64. The average molecular weight is 293 g/mol. The lowest BCUT2D eigenvalue weighted by Crippen LogP contribution is -2.51. The van der Waals surface area contributed by atoms with Crippen molar-refractivity contribution in [2.24, 2.45) is 0 Å². The zero-order valence-corrected chi connectivity index (χ0v) is 13.4. The zero-order chi connectivity index (χ0) is 16.2. The molecule has 116 valence electrons. The minimum Gasteiger partial charge on any atom is -0.443 e. The Kier molecular flexibility index (Phi) is 5.29. The third-order valence-corrected chi connectivity index (χ3v) is 2.56. The van der Waals surface area contributed by atoms with Gasteiger partial charge in [-0.1, -0.05) is 6.07 Å². The van der Waals surface area contributed by atoms with E-state index in [1.54, 1.807) is 59.9 Å². The topological polar surface area (TPSA) is 71.5 Å². The maximum Gasteiger partial charge on any atom is 0.426 e. The summed E-state index contributed by atoms with van der Waals surface area (Å²) in [6.45, 7) is 10.7. The Morgan fingerprint density at radius 2 is 1.95 bits per heavy atom. The van der Waals surface area contributed by atoms with Gasteiger partial charge < -0.3 is 4.74 Å². The number of aryl methyl sites for hydroxylation is 1. The van der Waals surface area contributed by atoms with Crippen LogP contribution in [0.5, 0.6) is 0 Å². The summed E-state index contributed by atoms with van der Waals surface area (Å²) in [5, 5.41) is 1.23. The Morgan fingerprint density at radius 1 is 1.33 bits per heavy atom. The number of aromatic nitrogens is 1. The van der Waals surface area contributed by atoms with Crippen molar-refractivity contribution in [3.63, 3.8) is 0 Å². The predicted octanol–water partition coefficient (Wildman–Crippen LogP) is 2.68. The standard InChI is InChI=1S/C15H23N3O3/c1-10(2)18(17-14(20)21-15(4,5)6)13(19)12-11(3)8-7-9-16-12/h7-10H,1-6H3,(H,17,20). The summed E-state index contributed by atoms with van der Waals surface area (Å²) in [6.07, 6.45) is 0.879. The van der Waals surface area contributed by atoms with Gasteiger partial charge in [0.2, 0.25) is 0 Å². The highest BCUT2D eigenvalue weighted by molar-refractivity contribution is 5.94. The van der Waals surface area contributed by atoms with Crippen LogP contribution in [0.3, 0.4) is 0 Å². The Labute approximate surface area is 125 Å². The van der Waals surface area contributed by atoms with Crippen LogP contribution in [0.2, 0.25) is 0 Å². The van der Waals surface area contributed by atoms with Crippen LogP contribution in [0.1, 0.15) is 50.7 Å². The van der Waals surface area contributed by atoms with E-state index in [0.717, 1.165) is 5.56 Å². The summed E-state index contributed by atoms with van der Waals surface area (Å²) in [4.78, 5) is 28.4. The molecule has 1 aromatic heterocycles. The predicted molar refractivity (Wildman–Crippen MR) is 79.6 cm³/mol. The van der Waals surface area contributed by atoms with E-state index in [1.165, 1.54) is 5.01 Å². The highest BCUT2D eigenvalue weighted by atomic mass is 16.6. The van der Waals surface area contributed by atoms with Gasteiger partial charge in [-0.05, 0) is 53.2 Å². The van der Waals surface area contributed by atoms with Crippen LogP contribution in [0.4, 0.5) is 4.79 Å². The van der Waals surface area contributed by atoms with Gasteiger partial charge in [0.25, 0.3) is 5.91 Å². The van der Waals surface area contributed by atoms with Gasteiger partial charge in [0, 0.05) is 12.2 Å². The van der Waals surface area contributed by atoms with Crippen LogP contribution in [-0.2, 0) is 4.74 Å². The molecule has 0 aliphatic rings. The number of nitrogens with one attached hydrogen (secondary N) is 1. The van der Waals surface area contributed by atoms with Crippen LogP contribution in [0, 0.1) is 6.92 Å². The number of rotatable bonds is 2. The number of ether oxygens (including phenoxy) is 1. The molecule has 1 aromatic rings. The quantitative estimate of drug-likeness (QED) is 0.851. The zero-order valence-electron chi connectivity index (χ0n) is 13.4. The number of hydrogen-bond acceptors (Lipinski definition) is 4. The van der Waals surface area contributed by atoms with Crippen LogP contribution in [0.25, 0.3) is 0 Å². The van der Waals surface area contributed by atoms with E-state index in [4.69, 9.17) is 4.74 Å². The number of pyridine rings is 1. The van der Waals surface area contributed by atoms with Crippen LogP contribution >= 0.6 is 0 Å². The third kappa shape index (κ3) is 5.06. The van der Waals surface area contributed by atoms with Crippen molar-refractivity contribution in [2.45, 2.75) is 53.2 Å². The Hall–Kier alpha value is -2.11. The maximum absolute atomic E-state index is 12.5. The van der Waals surface area contributed by atoms with E-state index in [1.807, 2.05) is 0 Å². The summed E-state index contributed by atoms with van der Waals surface area (Å²) in [6, 6.07) is 3.32. The number of hydrogen-bond donors (Lipinski definition) is 1. The van der Waals surface area contributed by atoms with Gasteiger partial charge in [0.15, 0.2) is 0 Å². The third-order valence-electron chi connectivity index (χ3n) is 2.56. The van der Waals surface area contributed by atoms with Crippen molar-refractivity contribution < 1.29 is 14.3 Å². The first kappa shape index (κ1) is 16.9. The molecule has 0 spiro atoms. The molecule has 6 heteroatoms. The second-order valence-corrected chi connectivity index (χ2v) is 6.05. The summed E-state index contributed by atoms with van der Waals surface area (Å²) in [5.41, 5.74) is 2.91. The lowest BCUT2D eigenvalue weighted by atomic mass is 10.2. The Morgan fingerprint density at radius 3 is 2.43 bits per heavy atom. The lowest BCUT2D eigenvalue weighted by Gasteiger charge is -2.28. The van der Waals surface area contributed by atoms with Gasteiger partial charge >= 0.3 is 6.09 Å². The Balaban J connectivity index is 2.90. The number of hydrazine groups is 1. The number of carbonyl (C=O) groups is 2. The molecule has 21 heavy (non-hydrogen) atoms. The number of carbonyl (C=O) groups excluding carboxylic acids is 2. The summed E-state index contributed by atoms with van der Waals surface area (Å²) >= 11 is 0. The van der Waals surface area contributed by atoms with E-state index in [-0.39, 0.29) is 11.9 Å². The van der Waals surface area contributed by atoms with Gasteiger partial charge in [0.05, 0.1) is 0 Å². The average Bonchev–Trinajstić information content (AvgIpc) is 2.33. The second kappa shape index (κ2) is 6.56. The van der Waals surface area contributed by atoms with E-state index in [9.17, 15) is 9.59 Å². The molecule has 0 saturated heterocycles. The van der Waals surface area contributed by atoms with E-state index < -0.39 is 11.7 Å². The van der Waals surface area contributed by atoms with Crippen molar-refractivity contribution in [2.75, 3.05) is 0 Å². The molecule has 0 radical (unpaired) electrons. The summed E-state index contributed by atoms with van der Waals surface area (Å²) in [5.74, 6) is -0.367. The van der Waals surface area contributed by atoms with Crippen LogP contribution in [-0.4, -0.2) is 33.6 Å². The molecule has 0 aromatic carbocycles. The molecule has 0 aliphatic heterocycles. The van der Waals surface area contributed by atoms with Crippen molar-refractivity contribution in [3.8, 4) is 0 Å². The van der Waals surface area contributed by atoms with E-state index in [2.05, 4.69) is 10.4 Å². The fraction of sp³-hybridized carbons (Fsp3) is 0.533. The normalized spacial score (nSPS) is 11.2. The van der Waals surface area contributed by atoms with Gasteiger partial charge in [-0.2, -0.15) is 0 Å². The first-order valence-electron chi connectivity index (χ1n) is 6.86. The maximum atomic E-state index is 12.5. The summed E-state index contributed by atoms with van der Waals surface area (Å²) in [7, 11) is 0. The molecular weight excluding hydrogens is 270 g/mol. The van der Waals surface area contributed by atoms with Gasteiger partial charge in [-0.15, -0.1) is 0 Å². The SMILES string of the molecule is Cc1cccnc1C(=O)N(NC(=O)OC(C)(C)C)C(C)C. The lowest BCUT2D eigenvalue weighted by molar-refractivity contribution is 0.0239. The number of amides is 2. The van der Waals surface area contributed by atoms with Crippen molar-refractivity contribution in [1.29, 1.82) is 0 Å². The molecule has 1 heterocycles.